The Balaban J connectivity index is 2.23. The highest BCUT2D eigenvalue weighted by molar-refractivity contribution is 5.90. The molecule has 0 heterocycles. The molecular weight excluding hydrogens is 357 g/mol. The van der Waals surface area contributed by atoms with Crippen LogP contribution in [0.1, 0.15) is 31.4 Å². The lowest BCUT2D eigenvalue weighted by Gasteiger charge is -2.24. The summed E-state index contributed by atoms with van der Waals surface area (Å²) in [6.45, 7) is 4.60. The van der Waals surface area contributed by atoms with Crippen LogP contribution in [-0.2, 0) is 12.7 Å². The number of benzene rings is 2. The van der Waals surface area contributed by atoms with E-state index in [9.17, 15) is 18.0 Å². The van der Waals surface area contributed by atoms with E-state index in [0.717, 1.165) is 11.6 Å². The van der Waals surface area contributed by atoms with E-state index in [1.165, 1.54) is 17.0 Å². The monoisotopic (exact) mass is 380 g/mol. The Morgan fingerprint density at radius 2 is 1.81 bits per heavy atom. The third-order valence-electron chi connectivity index (χ3n) is 3.85. The predicted molar refractivity (Wildman–Crippen MR) is 98.8 cm³/mol. The van der Waals surface area contributed by atoms with Crippen LogP contribution in [0.5, 0.6) is 5.75 Å². The molecule has 0 radical (unpaired) electrons. The Labute approximate surface area is 156 Å². The molecule has 1 N–H and O–H groups in total. The quantitative estimate of drug-likeness (QED) is 0.684. The van der Waals surface area contributed by atoms with Crippen molar-refractivity contribution < 1.29 is 22.7 Å². The molecule has 2 amide bonds. The lowest BCUT2D eigenvalue weighted by atomic mass is 10.1. The molecule has 146 valence electrons. The van der Waals surface area contributed by atoms with Crippen LogP contribution in [0.4, 0.5) is 23.7 Å². The predicted octanol–water partition coefficient (Wildman–Crippen LogP) is 5.55. The number of carbonyl (C=O) groups excluding carboxylic acids is 1. The molecule has 0 bridgehead atoms. The van der Waals surface area contributed by atoms with E-state index in [1.54, 1.807) is 6.92 Å². The fourth-order valence-electron chi connectivity index (χ4n) is 2.64. The third kappa shape index (κ3) is 5.91. The van der Waals surface area contributed by atoms with Crippen LogP contribution in [0, 0.1) is 0 Å². The summed E-state index contributed by atoms with van der Waals surface area (Å²) >= 11 is 0. The van der Waals surface area contributed by atoms with Crippen molar-refractivity contribution in [2.24, 2.45) is 0 Å². The number of halogens is 3. The zero-order valence-corrected chi connectivity index (χ0v) is 15.3. The van der Waals surface area contributed by atoms with Gasteiger partial charge >= 0.3 is 12.2 Å². The minimum absolute atomic E-state index is 0.109. The van der Waals surface area contributed by atoms with Gasteiger partial charge < -0.3 is 15.0 Å². The van der Waals surface area contributed by atoms with Crippen molar-refractivity contribution in [2.45, 2.75) is 33.0 Å². The van der Waals surface area contributed by atoms with Crippen LogP contribution in [0.2, 0.25) is 0 Å². The second-order valence-corrected chi connectivity index (χ2v) is 5.98. The van der Waals surface area contributed by atoms with Crippen LogP contribution in [0.3, 0.4) is 0 Å². The van der Waals surface area contributed by atoms with Crippen molar-refractivity contribution in [2.75, 3.05) is 18.5 Å². The number of anilines is 1. The van der Waals surface area contributed by atoms with Crippen molar-refractivity contribution in [1.82, 2.24) is 4.90 Å². The summed E-state index contributed by atoms with van der Waals surface area (Å²) in [5, 5.41) is 2.40. The molecule has 0 unspecified atom stereocenters. The molecule has 2 aromatic rings. The Morgan fingerprint density at radius 3 is 2.41 bits per heavy atom. The first-order valence-electron chi connectivity index (χ1n) is 8.79. The summed E-state index contributed by atoms with van der Waals surface area (Å²) in [4.78, 5) is 14.1. The molecule has 4 nitrogen and oxygen atoms in total. The minimum Gasteiger partial charge on any atom is -0.494 e. The van der Waals surface area contributed by atoms with Crippen LogP contribution in [0.25, 0.3) is 0 Å². The highest BCUT2D eigenvalue weighted by atomic mass is 19.4. The maximum Gasteiger partial charge on any atom is 0.418 e. The standard InChI is InChI=1S/C20H23F3N2O2/c1-3-12-25(14-15-8-6-5-7-9-15)19(26)24-18-11-10-16(27-4-2)13-17(18)20(21,22)23/h5-11,13H,3-4,12,14H2,1-2H3,(H,24,26). The van der Waals surface area contributed by atoms with E-state index in [-0.39, 0.29) is 18.0 Å². The van der Waals surface area contributed by atoms with Gasteiger partial charge in [-0.3, -0.25) is 0 Å². The normalized spacial score (nSPS) is 11.1. The first-order chi connectivity index (χ1) is 12.8. The molecule has 27 heavy (non-hydrogen) atoms. The van der Waals surface area contributed by atoms with Crippen LogP contribution in [0.15, 0.2) is 48.5 Å². The van der Waals surface area contributed by atoms with Gasteiger partial charge in [-0.15, -0.1) is 0 Å². The average Bonchev–Trinajstić information content (AvgIpc) is 2.63. The van der Waals surface area contributed by atoms with Crippen molar-refractivity contribution in [3.05, 3.63) is 59.7 Å². The first-order valence-corrected chi connectivity index (χ1v) is 8.79. The van der Waals surface area contributed by atoms with Crippen LogP contribution in [-0.4, -0.2) is 24.1 Å². The Kier molecular flexibility index (Phi) is 7.10. The maximum absolute atomic E-state index is 13.4. The number of ether oxygens (including phenoxy) is 1. The fraction of sp³-hybridized carbons (Fsp3) is 0.350. The number of alkyl halides is 3. The molecule has 2 rings (SSSR count). The van der Waals surface area contributed by atoms with Gasteiger partial charge in [0.2, 0.25) is 0 Å². The summed E-state index contributed by atoms with van der Waals surface area (Å²) in [5.41, 5.74) is -0.313. The van der Waals surface area contributed by atoms with Crippen LogP contribution < -0.4 is 10.1 Å². The molecule has 0 spiro atoms. The van der Waals surface area contributed by atoms with Crippen molar-refractivity contribution in [3.8, 4) is 5.75 Å². The second kappa shape index (κ2) is 9.30. The Morgan fingerprint density at radius 1 is 1.11 bits per heavy atom. The third-order valence-corrected chi connectivity index (χ3v) is 3.85. The van der Waals surface area contributed by atoms with E-state index < -0.39 is 17.8 Å². The molecule has 0 aliphatic heterocycles. The molecule has 0 saturated carbocycles. The average molecular weight is 380 g/mol. The topological polar surface area (TPSA) is 41.6 Å². The highest BCUT2D eigenvalue weighted by Crippen LogP contribution is 2.37. The molecule has 0 atom stereocenters. The highest BCUT2D eigenvalue weighted by Gasteiger charge is 2.35. The Bertz CT molecular complexity index is 749. The van der Waals surface area contributed by atoms with Crippen molar-refractivity contribution >= 4 is 11.7 Å². The Hall–Kier alpha value is -2.70. The summed E-state index contributed by atoms with van der Waals surface area (Å²) in [5.74, 6) is 0.109. The maximum atomic E-state index is 13.4. The number of nitrogens with zero attached hydrogens (tertiary/aromatic N) is 1. The summed E-state index contributed by atoms with van der Waals surface area (Å²) in [7, 11) is 0. The zero-order chi connectivity index (χ0) is 19.9. The number of urea groups is 1. The smallest absolute Gasteiger partial charge is 0.418 e. The molecule has 2 aromatic carbocycles. The number of nitrogens with one attached hydrogen (secondary N) is 1. The summed E-state index contributed by atoms with van der Waals surface area (Å²) in [6.07, 6.45) is -3.92. The molecule has 0 aliphatic carbocycles. The van der Waals surface area contributed by atoms with E-state index in [1.807, 2.05) is 37.3 Å². The van der Waals surface area contributed by atoms with Gasteiger partial charge in [0.25, 0.3) is 0 Å². The summed E-state index contributed by atoms with van der Waals surface area (Å²) < 4.78 is 45.3. The lowest BCUT2D eigenvalue weighted by Crippen LogP contribution is -2.35. The van der Waals surface area contributed by atoms with Crippen LogP contribution >= 0.6 is 0 Å². The molecule has 0 aliphatic rings. The van der Waals surface area contributed by atoms with E-state index in [2.05, 4.69) is 5.32 Å². The van der Waals surface area contributed by atoms with Gasteiger partial charge in [0, 0.05) is 13.1 Å². The van der Waals surface area contributed by atoms with Gasteiger partial charge in [-0.2, -0.15) is 13.2 Å². The number of hydrogen-bond acceptors (Lipinski definition) is 2. The van der Waals surface area contributed by atoms with Gasteiger partial charge in [-0.1, -0.05) is 37.3 Å². The van der Waals surface area contributed by atoms with Gasteiger partial charge in [0.15, 0.2) is 0 Å². The molecule has 0 saturated heterocycles. The number of hydrogen-bond donors (Lipinski definition) is 1. The second-order valence-electron chi connectivity index (χ2n) is 5.98. The van der Waals surface area contributed by atoms with Gasteiger partial charge in [-0.05, 0) is 37.1 Å². The lowest BCUT2D eigenvalue weighted by molar-refractivity contribution is -0.137. The van der Waals surface area contributed by atoms with E-state index in [0.29, 0.717) is 19.5 Å². The van der Waals surface area contributed by atoms with E-state index in [4.69, 9.17) is 4.74 Å². The van der Waals surface area contributed by atoms with E-state index >= 15 is 0 Å². The number of carbonyl (C=O) groups is 1. The molecule has 7 heteroatoms. The van der Waals surface area contributed by atoms with Gasteiger partial charge in [0.05, 0.1) is 17.9 Å². The molecular formula is C20H23F3N2O2. The van der Waals surface area contributed by atoms with Gasteiger partial charge in [-0.25, -0.2) is 4.79 Å². The zero-order valence-electron chi connectivity index (χ0n) is 15.3. The fourth-order valence-corrected chi connectivity index (χ4v) is 2.64. The van der Waals surface area contributed by atoms with Crippen molar-refractivity contribution in [1.29, 1.82) is 0 Å². The number of amides is 2. The molecule has 0 aromatic heterocycles. The SMILES string of the molecule is CCCN(Cc1ccccc1)C(=O)Nc1ccc(OCC)cc1C(F)(F)F. The minimum atomic E-state index is -4.61. The number of rotatable bonds is 7. The largest absolute Gasteiger partial charge is 0.494 e. The summed E-state index contributed by atoms with van der Waals surface area (Å²) in [6, 6.07) is 12.3. The molecule has 0 fully saturated rings. The van der Waals surface area contributed by atoms with Gasteiger partial charge in [0.1, 0.15) is 5.75 Å². The van der Waals surface area contributed by atoms with Crippen molar-refractivity contribution in [3.63, 3.8) is 0 Å². The first kappa shape index (κ1) is 20.6.